The molecule has 0 saturated heterocycles. The van der Waals surface area contributed by atoms with Crippen molar-refractivity contribution in [3.63, 3.8) is 0 Å². The quantitative estimate of drug-likeness (QED) is 0.154. The summed E-state index contributed by atoms with van der Waals surface area (Å²) in [7, 11) is 3.22. The topological polar surface area (TPSA) is 77.4 Å². The van der Waals surface area contributed by atoms with Gasteiger partial charge in [0.15, 0.2) is 23.0 Å². The predicted octanol–water partition coefficient (Wildman–Crippen LogP) is 9.59. The molecule has 5 rings (SSSR count). The Balaban J connectivity index is 1.20. The second kappa shape index (κ2) is 15.2. The summed E-state index contributed by atoms with van der Waals surface area (Å²) in [5.74, 6) is 3.04. The molecule has 45 heavy (non-hydrogen) atoms. The third kappa shape index (κ3) is 8.12. The first-order valence-corrected chi connectivity index (χ1v) is 16.1. The summed E-state index contributed by atoms with van der Waals surface area (Å²) < 4.78 is 23.1. The molecule has 0 aliphatic heterocycles. The minimum atomic E-state index is -0.874. The van der Waals surface area contributed by atoms with E-state index in [1.54, 1.807) is 50.6 Å². The van der Waals surface area contributed by atoms with Crippen LogP contribution in [0.5, 0.6) is 23.0 Å². The molecule has 4 aromatic rings. The molecule has 1 aliphatic carbocycles. The summed E-state index contributed by atoms with van der Waals surface area (Å²) >= 11 is 24.2. The standard InChI is InChI=1S/C35H34Cl4O6/c1-42-34-16-22(7-11-32(34)44-18-30(40)24-5-9-26(36)28(38)14-24)20-3-4-21(13-20)23-8-12-33(35(17-23)43-2)45-19-31(41)25-6-10-27(37)29(39)15-25/h5-12,14-17,20-21,30-31,40-41H,3-4,13,18-19H2,1-2H3. The van der Waals surface area contributed by atoms with Crippen LogP contribution < -0.4 is 18.9 Å². The first-order chi connectivity index (χ1) is 21.7. The van der Waals surface area contributed by atoms with Crippen LogP contribution in [0.1, 0.15) is 65.6 Å². The Kier molecular flexibility index (Phi) is 11.3. The maximum absolute atomic E-state index is 10.6. The van der Waals surface area contributed by atoms with Gasteiger partial charge in [0.05, 0.1) is 34.3 Å². The number of ether oxygens (including phenoxy) is 4. The maximum Gasteiger partial charge on any atom is 0.161 e. The van der Waals surface area contributed by atoms with Crippen molar-refractivity contribution in [2.24, 2.45) is 0 Å². The summed E-state index contributed by atoms with van der Waals surface area (Å²) in [5.41, 5.74) is 3.59. The molecule has 0 bridgehead atoms. The molecule has 1 saturated carbocycles. The zero-order valence-corrected chi connectivity index (χ0v) is 27.8. The number of aliphatic hydroxyl groups excluding tert-OH is 2. The lowest BCUT2D eigenvalue weighted by atomic mass is 9.92. The van der Waals surface area contributed by atoms with Gasteiger partial charge in [0, 0.05) is 0 Å². The van der Waals surface area contributed by atoms with Gasteiger partial charge in [-0.1, -0.05) is 70.7 Å². The zero-order valence-electron chi connectivity index (χ0n) is 24.8. The summed E-state index contributed by atoms with van der Waals surface area (Å²) in [5, 5.41) is 22.8. The fourth-order valence-corrected chi connectivity index (χ4v) is 6.28. The minimum Gasteiger partial charge on any atom is -0.493 e. The van der Waals surface area contributed by atoms with Gasteiger partial charge < -0.3 is 29.2 Å². The van der Waals surface area contributed by atoms with Gasteiger partial charge in [0.2, 0.25) is 0 Å². The van der Waals surface area contributed by atoms with E-state index in [1.165, 1.54) is 11.1 Å². The molecule has 10 heteroatoms. The van der Waals surface area contributed by atoms with Crippen LogP contribution >= 0.6 is 46.4 Å². The number of benzene rings is 4. The maximum atomic E-state index is 10.6. The Morgan fingerprint density at radius 3 is 1.38 bits per heavy atom. The van der Waals surface area contributed by atoms with E-state index in [0.717, 1.165) is 19.3 Å². The van der Waals surface area contributed by atoms with Crippen molar-refractivity contribution in [3.05, 3.63) is 115 Å². The van der Waals surface area contributed by atoms with Crippen LogP contribution in [0.2, 0.25) is 20.1 Å². The van der Waals surface area contributed by atoms with Crippen molar-refractivity contribution in [1.29, 1.82) is 0 Å². The molecular formula is C35H34Cl4O6. The van der Waals surface area contributed by atoms with Crippen molar-refractivity contribution in [2.75, 3.05) is 27.4 Å². The summed E-state index contributed by atoms with van der Waals surface area (Å²) in [4.78, 5) is 0. The van der Waals surface area contributed by atoms with Gasteiger partial charge in [0.1, 0.15) is 25.4 Å². The van der Waals surface area contributed by atoms with Crippen LogP contribution in [-0.4, -0.2) is 37.6 Å². The monoisotopic (exact) mass is 690 g/mol. The lowest BCUT2D eigenvalue weighted by Gasteiger charge is -2.18. The summed E-state index contributed by atoms with van der Waals surface area (Å²) in [6.45, 7) is 0.0737. The van der Waals surface area contributed by atoms with Gasteiger partial charge in [-0.3, -0.25) is 0 Å². The second-order valence-corrected chi connectivity index (χ2v) is 12.7. The van der Waals surface area contributed by atoms with Gasteiger partial charge in [-0.25, -0.2) is 0 Å². The Bertz CT molecular complexity index is 1510. The zero-order chi connectivity index (χ0) is 32.1. The molecule has 0 radical (unpaired) electrons. The van der Waals surface area contributed by atoms with Gasteiger partial charge in [0.25, 0.3) is 0 Å². The van der Waals surface area contributed by atoms with E-state index in [9.17, 15) is 10.2 Å². The minimum absolute atomic E-state index is 0.0369. The number of hydrogen-bond acceptors (Lipinski definition) is 6. The third-order valence-corrected chi connectivity index (χ3v) is 9.68. The summed E-state index contributed by atoms with van der Waals surface area (Å²) in [6.07, 6.45) is 1.28. The molecule has 4 atom stereocenters. The van der Waals surface area contributed by atoms with Crippen LogP contribution in [0, 0.1) is 0 Å². The molecule has 238 valence electrons. The molecule has 4 unspecified atom stereocenters. The SMILES string of the molecule is COc1cc(C2CCC(c3ccc(OCC(O)c4ccc(Cl)c(Cl)c4)c(OC)c3)C2)ccc1OCC(O)c1ccc(Cl)c(Cl)c1. The molecule has 0 amide bonds. The van der Waals surface area contributed by atoms with E-state index in [1.807, 2.05) is 24.3 Å². The summed E-state index contributed by atoms with van der Waals surface area (Å²) in [6, 6.07) is 22.0. The smallest absolute Gasteiger partial charge is 0.161 e. The highest BCUT2D eigenvalue weighted by atomic mass is 35.5. The van der Waals surface area contributed by atoms with Gasteiger partial charge in [-0.05, 0) is 102 Å². The Hall–Kier alpha value is -2.84. The van der Waals surface area contributed by atoms with E-state index in [-0.39, 0.29) is 13.2 Å². The van der Waals surface area contributed by atoms with Crippen LogP contribution in [0.4, 0.5) is 0 Å². The molecule has 6 nitrogen and oxygen atoms in total. The number of hydrogen-bond donors (Lipinski definition) is 2. The number of halogens is 4. The van der Waals surface area contributed by atoms with Crippen molar-refractivity contribution < 1.29 is 29.2 Å². The van der Waals surface area contributed by atoms with E-state index < -0.39 is 12.2 Å². The lowest BCUT2D eigenvalue weighted by Crippen LogP contribution is -2.10. The highest BCUT2D eigenvalue weighted by molar-refractivity contribution is 6.42. The van der Waals surface area contributed by atoms with Crippen molar-refractivity contribution in [2.45, 2.75) is 43.3 Å². The second-order valence-electron chi connectivity index (χ2n) is 11.0. The first kappa shape index (κ1) is 33.5. The van der Waals surface area contributed by atoms with E-state index >= 15 is 0 Å². The molecule has 4 aromatic carbocycles. The van der Waals surface area contributed by atoms with Crippen LogP contribution in [-0.2, 0) is 0 Å². The number of aliphatic hydroxyl groups is 2. The van der Waals surface area contributed by atoms with Gasteiger partial charge in [-0.2, -0.15) is 0 Å². The van der Waals surface area contributed by atoms with Crippen LogP contribution in [0.25, 0.3) is 0 Å². The first-order valence-electron chi connectivity index (χ1n) is 14.5. The fourth-order valence-electron chi connectivity index (χ4n) is 5.67. The Morgan fingerprint density at radius 1 is 0.578 bits per heavy atom. The largest absolute Gasteiger partial charge is 0.493 e. The molecule has 0 spiro atoms. The Morgan fingerprint density at radius 2 is 1.00 bits per heavy atom. The lowest BCUT2D eigenvalue weighted by molar-refractivity contribution is 0.106. The van der Waals surface area contributed by atoms with Gasteiger partial charge in [-0.15, -0.1) is 0 Å². The van der Waals surface area contributed by atoms with Crippen molar-refractivity contribution >= 4 is 46.4 Å². The fraction of sp³-hybridized carbons (Fsp3) is 0.314. The molecular weight excluding hydrogens is 658 g/mol. The average molecular weight is 692 g/mol. The number of methoxy groups -OCH3 is 2. The average Bonchev–Trinajstić information content (AvgIpc) is 3.55. The molecule has 0 heterocycles. The van der Waals surface area contributed by atoms with Crippen molar-refractivity contribution in [1.82, 2.24) is 0 Å². The number of rotatable bonds is 12. The van der Waals surface area contributed by atoms with Crippen LogP contribution in [0.15, 0.2) is 72.8 Å². The van der Waals surface area contributed by atoms with Gasteiger partial charge >= 0.3 is 0 Å². The van der Waals surface area contributed by atoms with Crippen LogP contribution in [0.3, 0.4) is 0 Å². The molecule has 2 N–H and O–H groups in total. The van der Waals surface area contributed by atoms with Crippen molar-refractivity contribution in [3.8, 4) is 23.0 Å². The third-order valence-electron chi connectivity index (χ3n) is 8.20. The van der Waals surface area contributed by atoms with E-state index in [2.05, 4.69) is 12.1 Å². The van der Waals surface area contributed by atoms with E-state index in [0.29, 0.717) is 66.1 Å². The highest BCUT2D eigenvalue weighted by Gasteiger charge is 2.28. The van der Waals surface area contributed by atoms with E-state index in [4.69, 9.17) is 65.4 Å². The Labute approximate surface area is 283 Å². The molecule has 0 aromatic heterocycles. The normalized spacial score (nSPS) is 17.5. The molecule has 1 aliphatic rings. The highest BCUT2D eigenvalue weighted by Crippen LogP contribution is 2.46. The predicted molar refractivity (Wildman–Crippen MR) is 179 cm³/mol. The molecule has 1 fully saturated rings.